The first-order chi connectivity index (χ1) is 43.4. The summed E-state index contributed by atoms with van der Waals surface area (Å²) < 4.78 is 0. The number of rotatable bonds is 56. The molecule has 4 aromatic rings. The van der Waals surface area contributed by atoms with Crippen LogP contribution in [-0.2, 0) is 0 Å². The number of amides is 4. The lowest BCUT2D eigenvalue weighted by molar-refractivity contribution is 0.0947. The normalized spacial score (nSPS) is 11.7. The molecule has 12 heteroatoms. The molecule has 4 amide bonds. The van der Waals surface area contributed by atoms with Crippen molar-refractivity contribution in [3.8, 4) is 44.5 Å². The van der Waals surface area contributed by atoms with Crippen molar-refractivity contribution in [1.29, 1.82) is 0 Å². The van der Waals surface area contributed by atoms with Crippen LogP contribution < -0.4 is 21.3 Å². The number of unbranched alkanes of at least 4 members (excludes halogenated alkanes) is 44. The molecule has 496 valence electrons. The molecule has 88 heavy (non-hydrogen) atoms. The zero-order valence-corrected chi connectivity index (χ0v) is 59.6. The summed E-state index contributed by atoms with van der Waals surface area (Å²) in [6.07, 6.45) is 60.3. The third-order valence-corrected chi connectivity index (χ3v) is 22.2. The van der Waals surface area contributed by atoms with Crippen LogP contribution in [0.1, 0.15) is 375 Å². The van der Waals surface area contributed by atoms with Gasteiger partial charge in [0.15, 0.2) is 0 Å². The van der Waals surface area contributed by atoms with Crippen molar-refractivity contribution in [1.82, 2.24) is 21.3 Å². The molecule has 8 nitrogen and oxygen atoms in total. The maximum Gasteiger partial charge on any atom is 0.262 e. The van der Waals surface area contributed by atoms with Gasteiger partial charge in [-0.1, -0.05) is 310 Å². The molecule has 4 N–H and O–H groups in total. The topological polar surface area (TPSA) is 116 Å². The average molecular weight is 1290 g/mol. The summed E-state index contributed by atoms with van der Waals surface area (Å²) in [6.45, 7) is 11.5. The van der Waals surface area contributed by atoms with Crippen LogP contribution in [0.5, 0.6) is 0 Å². The van der Waals surface area contributed by atoms with E-state index in [1.54, 1.807) is 0 Å². The highest BCUT2D eigenvalue weighted by Gasteiger charge is 2.37. The Morgan fingerprint density at radius 1 is 0.227 bits per heavy atom. The zero-order chi connectivity index (χ0) is 62.5. The van der Waals surface area contributed by atoms with Gasteiger partial charge in [0.1, 0.15) is 19.5 Å². The van der Waals surface area contributed by atoms with Gasteiger partial charge in [-0.05, 0) is 25.7 Å². The molecule has 0 spiro atoms. The molecule has 0 fully saturated rings. The smallest absolute Gasteiger partial charge is 0.262 e. The summed E-state index contributed by atoms with van der Waals surface area (Å²) >= 11 is 5.69. The number of nitrogens with one attached hydrogen (secondary N) is 4. The van der Waals surface area contributed by atoms with E-state index in [0.717, 1.165) is 95.9 Å². The molecule has 0 saturated carbocycles. The van der Waals surface area contributed by atoms with E-state index in [4.69, 9.17) is 0 Å². The van der Waals surface area contributed by atoms with Crippen LogP contribution in [0.15, 0.2) is 21.5 Å². The van der Waals surface area contributed by atoms with Gasteiger partial charge in [-0.15, -0.1) is 45.3 Å². The maximum absolute atomic E-state index is 14.7. The molecule has 5 rings (SSSR count). The second kappa shape index (κ2) is 48.4. The summed E-state index contributed by atoms with van der Waals surface area (Å²) in [5.41, 5.74) is 6.34. The maximum atomic E-state index is 14.7. The van der Waals surface area contributed by atoms with E-state index < -0.39 is 0 Å². The van der Waals surface area contributed by atoms with Gasteiger partial charge in [-0.3, -0.25) is 19.2 Å². The molecule has 0 unspecified atom stereocenters. The number of hydrogen-bond acceptors (Lipinski definition) is 8. The lowest BCUT2D eigenvalue weighted by Gasteiger charge is -2.19. The molecule has 0 saturated heterocycles. The third-order valence-electron chi connectivity index (χ3n) is 18.3. The molecular formula is C76H124N4O4S4. The lowest BCUT2D eigenvalue weighted by Crippen LogP contribution is -2.26. The summed E-state index contributed by atoms with van der Waals surface area (Å²) in [7, 11) is 0. The van der Waals surface area contributed by atoms with Crippen LogP contribution in [0.4, 0.5) is 0 Å². The van der Waals surface area contributed by atoms with Crippen molar-refractivity contribution in [2.24, 2.45) is 0 Å². The molecule has 1 aliphatic carbocycles. The van der Waals surface area contributed by atoms with E-state index in [0.29, 0.717) is 45.7 Å². The standard InChI is InChI=1S/C76H124N4O4S4/c1-5-9-13-17-21-25-29-33-37-41-45-49-53-77-73(81)69-65-61(57-85-69)62-58-87-71(75(83)79-55-51-47-43-39-35-31-27-23-19-15-11-7-3)67(62)68-64(60-88-72(68)76(84)80-56-52-48-44-40-36-32-28-24-20-16-12-8-4)63-59-86-70(66(63)65)74(82)78-54-50-46-42-38-34-30-26-22-18-14-10-6-2/h57-60H,5-56H2,1-4H3,(H,77,81)(H,78,82)(H,79,83)(H,80,84). The zero-order valence-electron chi connectivity index (χ0n) is 56.3. The highest BCUT2D eigenvalue weighted by atomic mass is 32.1. The second-order valence-electron chi connectivity index (χ2n) is 26.0. The fourth-order valence-corrected chi connectivity index (χ4v) is 16.8. The van der Waals surface area contributed by atoms with Crippen LogP contribution in [-0.4, -0.2) is 49.8 Å². The fraction of sp³-hybridized carbons (Fsp3) is 0.737. The van der Waals surface area contributed by atoms with Gasteiger partial charge in [0.25, 0.3) is 23.6 Å². The first-order valence-corrected chi connectivity index (χ1v) is 40.5. The first kappa shape index (κ1) is 75.4. The van der Waals surface area contributed by atoms with E-state index in [1.165, 1.54) is 302 Å². The van der Waals surface area contributed by atoms with E-state index in [9.17, 15) is 19.2 Å². The van der Waals surface area contributed by atoms with Gasteiger partial charge in [0.05, 0.1) is 0 Å². The minimum Gasteiger partial charge on any atom is -0.351 e. The fourth-order valence-electron chi connectivity index (χ4n) is 12.9. The van der Waals surface area contributed by atoms with Gasteiger partial charge >= 0.3 is 0 Å². The van der Waals surface area contributed by atoms with E-state index in [2.05, 4.69) is 70.5 Å². The summed E-state index contributed by atoms with van der Waals surface area (Å²) in [4.78, 5) is 61.2. The minimum atomic E-state index is -0.129. The van der Waals surface area contributed by atoms with Crippen LogP contribution in [0.3, 0.4) is 0 Å². The van der Waals surface area contributed by atoms with Crippen molar-refractivity contribution in [2.75, 3.05) is 26.2 Å². The summed E-state index contributed by atoms with van der Waals surface area (Å²) in [6, 6.07) is 0. The Morgan fingerprint density at radius 3 is 0.511 bits per heavy atom. The van der Waals surface area contributed by atoms with Gasteiger partial charge in [-0.2, -0.15) is 0 Å². The highest BCUT2D eigenvalue weighted by Crippen LogP contribution is 2.57. The van der Waals surface area contributed by atoms with Crippen molar-refractivity contribution < 1.29 is 19.2 Å². The number of thiophene rings is 4. The van der Waals surface area contributed by atoms with Crippen molar-refractivity contribution in [3.05, 3.63) is 41.0 Å². The molecule has 1 aliphatic rings. The highest BCUT2D eigenvalue weighted by molar-refractivity contribution is 7.16. The largest absolute Gasteiger partial charge is 0.351 e. The molecule has 4 heterocycles. The molecule has 0 aromatic carbocycles. The Morgan fingerprint density at radius 2 is 0.364 bits per heavy atom. The lowest BCUT2D eigenvalue weighted by atomic mass is 9.84. The molecule has 0 bridgehead atoms. The van der Waals surface area contributed by atoms with Crippen molar-refractivity contribution >= 4 is 69.0 Å². The number of hydrogen-bond donors (Lipinski definition) is 4. The minimum absolute atomic E-state index is 0.129. The van der Waals surface area contributed by atoms with Gasteiger partial charge < -0.3 is 21.3 Å². The molecular weight excluding hydrogens is 1160 g/mol. The summed E-state index contributed by atoms with van der Waals surface area (Å²) in [5.74, 6) is -0.517. The van der Waals surface area contributed by atoms with Gasteiger partial charge in [0.2, 0.25) is 0 Å². The number of carbonyl (C=O) groups is 4. The summed E-state index contributed by atoms with van der Waals surface area (Å²) in [5, 5.41) is 21.5. The predicted molar refractivity (Wildman–Crippen MR) is 387 cm³/mol. The Balaban J connectivity index is 1.35. The van der Waals surface area contributed by atoms with E-state index in [1.807, 2.05) is 0 Å². The van der Waals surface area contributed by atoms with Gasteiger partial charge in [0, 0.05) is 92.2 Å². The molecule has 0 atom stereocenters. The first-order valence-electron chi connectivity index (χ1n) is 37.0. The van der Waals surface area contributed by atoms with Crippen LogP contribution in [0.2, 0.25) is 0 Å². The number of fused-ring (bicyclic) bond motifs is 8. The average Bonchev–Trinajstić information content (AvgIpc) is 1.62. The molecule has 4 aromatic heterocycles. The van der Waals surface area contributed by atoms with Crippen LogP contribution in [0, 0.1) is 0 Å². The Labute approximate surface area is 553 Å². The predicted octanol–water partition coefficient (Wildman–Crippen LogP) is 24.6. The van der Waals surface area contributed by atoms with Gasteiger partial charge in [-0.25, -0.2) is 0 Å². The van der Waals surface area contributed by atoms with E-state index in [-0.39, 0.29) is 23.6 Å². The second-order valence-corrected chi connectivity index (χ2v) is 29.5. The van der Waals surface area contributed by atoms with Crippen LogP contribution >= 0.6 is 45.3 Å². The number of carbonyl (C=O) groups excluding carboxylic acids is 4. The third kappa shape index (κ3) is 27.9. The molecule has 0 aliphatic heterocycles. The van der Waals surface area contributed by atoms with Crippen LogP contribution in [0.25, 0.3) is 44.5 Å². The Kier molecular flexibility index (Phi) is 41.5. The molecule has 0 radical (unpaired) electrons. The monoisotopic (exact) mass is 1280 g/mol. The quantitative estimate of drug-likeness (QED) is 0.0290. The van der Waals surface area contributed by atoms with E-state index >= 15 is 0 Å². The SMILES string of the molecule is CCCCCCCCCCCCCCNC(=O)c1scc2c1-c1c(csc1C(=O)NCCCCCCCCCCCCCC)-c1csc(C(=O)NCCCCCCCCCCCCCC)c1-c1c-2csc1C(=O)NCCCCCCCCCCCCCC. The Hall–Kier alpha value is -3.32. The van der Waals surface area contributed by atoms with Crippen molar-refractivity contribution in [2.45, 2.75) is 336 Å². The van der Waals surface area contributed by atoms with Crippen molar-refractivity contribution in [3.63, 3.8) is 0 Å². The Bertz CT molecular complexity index is 2150.